The molecule has 0 rings (SSSR count). The zero-order chi connectivity index (χ0) is 13.7. The summed E-state index contributed by atoms with van der Waals surface area (Å²) < 4.78 is 0. The average Bonchev–Trinajstić information content (AvgIpc) is 2.41. The van der Waals surface area contributed by atoms with Crippen LogP contribution in [0.25, 0.3) is 0 Å². The minimum Gasteiger partial charge on any atom is -0.251 e. The first-order chi connectivity index (χ1) is 8.74. The first-order valence-corrected chi connectivity index (χ1v) is 8.07. The van der Waals surface area contributed by atoms with Gasteiger partial charge in [-0.25, -0.2) is 4.89 Å². The molecule has 0 fully saturated rings. The first-order valence-electron chi connectivity index (χ1n) is 8.07. The van der Waals surface area contributed by atoms with Gasteiger partial charge in [-0.15, -0.1) is 0 Å². The van der Waals surface area contributed by atoms with Crippen molar-refractivity contribution in [1.29, 1.82) is 0 Å². The summed E-state index contributed by atoms with van der Waals surface area (Å²) in [4.78, 5) is 4.95. The third-order valence-corrected chi connectivity index (χ3v) is 3.90. The molecule has 110 valence electrons. The summed E-state index contributed by atoms with van der Waals surface area (Å²) in [5.74, 6) is 0. The Balaban J connectivity index is 4.07. The Labute approximate surface area is 114 Å². The molecule has 0 bridgehead atoms. The summed E-state index contributed by atoms with van der Waals surface area (Å²) in [7, 11) is 0. The molecule has 0 saturated heterocycles. The van der Waals surface area contributed by atoms with Crippen molar-refractivity contribution in [3.8, 4) is 0 Å². The average molecular weight is 258 g/mol. The van der Waals surface area contributed by atoms with Crippen LogP contribution in [0.1, 0.15) is 97.8 Å². The molecule has 0 unspecified atom stereocenters. The molecule has 2 nitrogen and oxygen atoms in total. The van der Waals surface area contributed by atoms with Crippen molar-refractivity contribution >= 4 is 0 Å². The van der Waals surface area contributed by atoms with Gasteiger partial charge in [-0.2, -0.15) is 0 Å². The molecule has 0 aromatic rings. The van der Waals surface area contributed by atoms with E-state index >= 15 is 0 Å². The fourth-order valence-corrected chi connectivity index (χ4v) is 2.56. The van der Waals surface area contributed by atoms with Gasteiger partial charge in [-0.3, -0.25) is 5.26 Å². The van der Waals surface area contributed by atoms with Gasteiger partial charge >= 0.3 is 0 Å². The van der Waals surface area contributed by atoms with Crippen LogP contribution >= 0.6 is 0 Å². The second kappa shape index (κ2) is 12.0. The molecular formula is C16H34O2. The minimum absolute atomic E-state index is 0.252. The molecule has 0 spiro atoms. The van der Waals surface area contributed by atoms with Crippen molar-refractivity contribution in [3.63, 3.8) is 0 Å². The van der Waals surface area contributed by atoms with Crippen molar-refractivity contribution < 1.29 is 10.1 Å². The largest absolute Gasteiger partial charge is 0.251 e. The molecule has 0 aliphatic rings. The van der Waals surface area contributed by atoms with E-state index in [-0.39, 0.29) is 5.60 Å². The zero-order valence-electron chi connectivity index (χ0n) is 12.8. The van der Waals surface area contributed by atoms with Crippen LogP contribution in [0.4, 0.5) is 0 Å². The topological polar surface area (TPSA) is 29.5 Å². The highest BCUT2D eigenvalue weighted by Gasteiger charge is 2.29. The maximum absolute atomic E-state index is 9.33. The van der Waals surface area contributed by atoms with Gasteiger partial charge in [-0.1, -0.05) is 78.6 Å². The third kappa shape index (κ3) is 8.10. The van der Waals surface area contributed by atoms with Gasteiger partial charge in [0.25, 0.3) is 0 Å². The molecule has 0 aromatic carbocycles. The fraction of sp³-hybridized carbons (Fsp3) is 1.00. The van der Waals surface area contributed by atoms with Crippen LogP contribution in [-0.2, 0) is 4.89 Å². The predicted molar refractivity (Wildman–Crippen MR) is 78.9 cm³/mol. The molecule has 0 radical (unpaired) electrons. The molecule has 18 heavy (non-hydrogen) atoms. The zero-order valence-corrected chi connectivity index (χ0v) is 12.8. The van der Waals surface area contributed by atoms with Crippen LogP contribution in [0.5, 0.6) is 0 Å². The number of hydrogen-bond donors (Lipinski definition) is 1. The van der Waals surface area contributed by atoms with Gasteiger partial charge in [0.05, 0.1) is 0 Å². The normalized spacial score (nSPS) is 12.0. The van der Waals surface area contributed by atoms with E-state index in [0.717, 1.165) is 32.1 Å². The van der Waals surface area contributed by atoms with Crippen LogP contribution in [0.2, 0.25) is 0 Å². The van der Waals surface area contributed by atoms with E-state index in [1.54, 1.807) is 0 Å². The molecule has 0 aliphatic carbocycles. The Kier molecular flexibility index (Phi) is 11.9. The number of rotatable bonds is 13. The van der Waals surface area contributed by atoms with Crippen molar-refractivity contribution in [3.05, 3.63) is 0 Å². The van der Waals surface area contributed by atoms with E-state index < -0.39 is 0 Å². The monoisotopic (exact) mass is 258 g/mol. The Bertz CT molecular complexity index is 160. The van der Waals surface area contributed by atoms with E-state index in [0.29, 0.717) is 0 Å². The van der Waals surface area contributed by atoms with Gasteiger partial charge in [-0.05, 0) is 19.3 Å². The lowest BCUT2D eigenvalue weighted by molar-refractivity contribution is -0.330. The molecular weight excluding hydrogens is 224 g/mol. The van der Waals surface area contributed by atoms with E-state index in [2.05, 4.69) is 20.8 Å². The second-order valence-corrected chi connectivity index (χ2v) is 5.65. The quantitative estimate of drug-likeness (QED) is 0.251. The number of unbranched alkanes of at least 4 members (excludes halogenated alkanes) is 6. The van der Waals surface area contributed by atoms with Crippen LogP contribution in [-0.4, -0.2) is 10.9 Å². The smallest absolute Gasteiger partial charge is 0.103 e. The summed E-state index contributed by atoms with van der Waals surface area (Å²) in [6.07, 6.45) is 14.1. The molecule has 2 heteroatoms. The Morgan fingerprint density at radius 3 is 1.56 bits per heavy atom. The Morgan fingerprint density at radius 1 is 0.667 bits per heavy atom. The highest BCUT2D eigenvalue weighted by atomic mass is 17.1. The molecule has 1 N–H and O–H groups in total. The first kappa shape index (κ1) is 17.9. The van der Waals surface area contributed by atoms with E-state index in [9.17, 15) is 5.26 Å². The third-order valence-electron chi connectivity index (χ3n) is 3.90. The molecule has 0 atom stereocenters. The summed E-state index contributed by atoms with van der Waals surface area (Å²) in [6, 6.07) is 0. The summed E-state index contributed by atoms with van der Waals surface area (Å²) in [5.41, 5.74) is -0.252. The van der Waals surface area contributed by atoms with Gasteiger partial charge in [0.2, 0.25) is 0 Å². The highest BCUT2D eigenvalue weighted by molar-refractivity contribution is 4.79. The minimum atomic E-state index is -0.252. The van der Waals surface area contributed by atoms with Crippen molar-refractivity contribution in [2.45, 2.75) is 103 Å². The lowest BCUT2D eigenvalue weighted by Crippen LogP contribution is -2.31. The summed E-state index contributed by atoms with van der Waals surface area (Å²) >= 11 is 0. The predicted octanol–water partition coefficient (Wildman–Crippen LogP) is 5.96. The SMILES string of the molecule is CCCCCCCC(CCCC)(CCCC)OO. The Hall–Kier alpha value is -0.0800. The maximum atomic E-state index is 9.33. The highest BCUT2D eigenvalue weighted by Crippen LogP contribution is 2.31. The van der Waals surface area contributed by atoms with Crippen molar-refractivity contribution in [2.75, 3.05) is 0 Å². The van der Waals surface area contributed by atoms with Gasteiger partial charge in [0.15, 0.2) is 0 Å². The van der Waals surface area contributed by atoms with Crippen molar-refractivity contribution in [2.24, 2.45) is 0 Å². The summed E-state index contributed by atoms with van der Waals surface area (Å²) in [5, 5.41) is 9.33. The summed E-state index contributed by atoms with van der Waals surface area (Å²) in [6.45, 7) is 6.63. The van der Waals surface area contributed by atoms with Crippen LogP contribution in [0, 0.1) is 0 Å². The second-order valence-electron chi connectivity index (χ2n) is 5.65. The van der Waals surface area contributed by atoms with E-state index in [1.807, 2.05) is 0 Å². The lowest BCUT2D eigenvalue weighted by Gasteiger charge is -2.30. The maximum Gasteiger partial charge on any atom is 0.103 e. The van der Waals surface area contributed by atoms with Crippen LogP contribution in [0.3, 0.4) is 0 Å². The van der Waals surface area contributed by atoms with E-state index in [4.69, 9.17) is 4.89 Å². The molecule has 0 saturated carbocycles. The Morgan fingerprint density at radius 2 is 1.11 bits per heavy atom. The molecule has 0 aromatic heterocycles. The number of hydrogen-bond acceptors (Lipinski definition) is 2. The fourth-order valence-electron chi connectivity index (χ4n) is 2.56. The van der Waals surface area contributed by atoms with Gasteiger partial charge < -0.3 is 0 Å². The van der Waals surface area contributed by atoms with Gasteiger partial charge in [0.1, 0.15) is 5.60 Å². The van der Waals surface area contributed by atoms with E-state index in [1.165, 1.54) is 44.9 Å². The van der Waals surface area contributed by atoms with Crippen molar-refractivity contribution in [1.82, 2.24) is 0 Å². The standard InChI is InChI=1S/C16H34O2/c1-4-7-10-11-12-15-16(18-17,13-8-5-2)14-9-6-3/h17H,4-15H2,1-3H3. The lowest BCUT2D eigenvalue weighted by atomic mass is 9.86. The van der Waals surface area contributed by atoms with Crippen LogP contribution in [0.15, 0.2) is 0 Å². The van der Waals surface area contributed by atoms with Gasteiger partial charge in [0, 0.05) is 0 Å². The molecule has 0 aliphatic heterocycles. The molecule has 0 amide bonds. The van der Waals surface area contributed by atoms with Crippen LogP contribution < -0.4 is 0 Å². The molecule has 0 heterocycles.